The molecule has 0 rings (SSSR count). The first-order chi connectivity index (χ1) is 5.12. The van der Waals surface area contributed by atoms with Crippen LogP contribution in [-0.2, 0) is 0 Å². The zero-order valence-electron chi connectivity index (χ0n) is 8.24. The van der Waals surface area contributed by atoms with E-state index >= 15 is 0 Å². The molecule has 0 unspecified atom stereocenters. The lowest BCUT2D eigenvalue weighted by Gasteiger charge is -2.24. The van der Waals surface area contributed by atoms with E-state index in [1.54, 1.807) is 0 Å². The minimum absolute atomic E-state index is 0.471. The second-order valence-corrected chi connectivity index (χ2v) is 4.67. The molecule has 68 valence electrons. The van der Waals surface area contributed by atoms with E-state index in [0.717, 1.165) is 13.1 Å². The van der Waals surface area contributed by atoms with E-state index in [2.05, 4.69) is 32.3 Å². The molecule has 2 heteroatoms. The summed E-state index contributed by atoms with van der Waals surface area (Å²) in [5.41, 5.74) is 0.471. The number of rotatable bonds is 6. The van der Waals surface area contributed by atoms with Crippen LogP contribution in [0.2, 0.25) is 0 Å². The van der Waals surface area contributed by atoms with Gasteiger partial charge in [-0.2, -0.15) is 11.8 Å². The van der Waals surface area contributed by atoms with Crippen LogP contribution in [0.3, 0.4) is 0 Å². The molecule has 0 amide bonds. The molecule has 0 saturated carbocycles. The van der Waals surface area contributed by atoms with E-state index in [9.17, 15) is 0 Å². The van der Waals surface area contributed by atoms with Crippen LogP contribution >= 0.6 is 11.8 Å². The Kier molecular flexibility index (Phi) is 6.06. The fourth-order valence-electron chi connectivity index (χ4n) is 0.930. The van der Waals surface area contributed by atoms with Gasteiger partial charge in [-0.25, -0.2) is 0 Å². The number of thioether (sulfide) groups is 1. The molecule has 0 aromatic heterocycles. The first-order valence-corrected chi connectivity index (χ1v) is 5.71. The Hall–Kier alpha value is 0.310. The number of hydrogen-bond donors (Lipinski definition) is 1. The van der Waals surface area contributed by atoms with Gasteiger partial charge in [-0.15, -0.1) is 0 Å². The minimum Gasteiger partial charge on any atom is -0.316 e. The zero-order chi connectivity index (χ0) is 8.74. The lowest BCUT2D eigenvalue weighted by atomic mass is 9.90. The van der Waals surface area contributed by atoms with Crippen LogP contribution in [0.1, 0.15) is 27.2 Å². The van der Waals surface area contributed by atoms with Crippen LogP contribution < -0.4 is 5.32 Å². The standard InChI is InChI=1S/C9H21NS/c1-5-10-8-9(2,3)6-7-11-4/h10H,5-8H2,1-4H3. The highest BCUT2D eigenvalue weighted by Crippen LogP contribution is 2.20. The van der Waals surface area contributed by atoms with Gasteiger partial charge in [0.15, 0.2) is 0 Å². The highest BCUT2D eigenvalue weighted by Gasteiger charge is 2.15. The third-order valence-electron chi connectivity index (χ3n) is 1.84. The molecule has 0 saturated heterocycles. The van der Waals surface area contributed by atoms with E-state index in [-0.39, 0.29) is 0 Å². The van der Waals surface area contributed by atoms with Crippen LogP contribution in [0.25, 0.3) is 0 Å². The Labute approximate surface area is 75.3 Å². The van der Waals surface area contributed by atoms with Crippen molar-refractivity contribution < 1.29 is 0 Å². The smallest absolute Gasteiger partial charge is 0.000270 e. The summed E-state index contributed by atoms with van der Waals surface area (Å²) >= 11 is 1.93. The average molecular weight is 175 g/mol. The van der Waals surface area contributed by atoms with Gasteiger partial charge in [-0.1, -0.05) is 20.8 Å². The maximum absolute atomic E-state index is 3.39. The third kappa shape index (κ3) is 6.70. The second-order valence-electron chi connectivity index (χ2n) is 3.69. The maximum Gasteiger partial charge on any atom is 0.000270 e. The van der Waals surface area contributed by atoms with Gasteiger partial charge in [0.2, 0.25) is 0 Å². The van der Waals surface area contributed by atoms with Gasteiger partial charge in [0.1, 0.15) is 0 Å². The van der Waals surface area contributed by atoms with Crippen LogP contribution in [0.15, 0.2) is 0 Å². The Morgan fingerprint density at radius 3 is 2.45 bits per heavy atom. The maximum atomic E-state index is 3.39. The van der Waals surface area contributed by atoms with Gasteiger partial charge in [0, 0.05) is 6.54 Å². The lowest BCUT2D eigenvalue weighted by molar-refractivity contribution is 0.335. The lowest BCUT2D eigenvalue weighted by Crippen LogP contribution is -2.29. The van der Waals surface area contributed by atoms with Gasteiger partial charge < -0.3 is 5.32 Å². The Morgan fingerprint density at radius 2 is 2.00 bits per heavy atom. The van der Waals surface area contributed by atoms with Crippen molar-refractivity contribution in [3.63, 3.8) is 0 Å². The topological polar surface area (TPSA) is 12.0 Å². The number of nitrogens with one attached hydrogen (secondary N) is 1. The SMILES string of the molecule is CCNCC(C)(C)CCSC. The molecule has 0 bridgehead atoms. The van der Waals surface area contributed by atoms with E-state index in [1.165, 1.54) is 12.2 Å². The highest BCUT2D eigenvalue weighted by molar-refractivity contribution is 7.98. The molecule has 0 aliphatic rings. The third-order valence-corrected chi connectivity index (χ3v) is 2.45. The van der Waals surface area contributed by atoms with Crippen molar-refractivity contribution in [2.45, 2.75) is 27.2 Å². The van der Waals surface area contributed by atoms with E-state index in [4.69, 9.17) is 0 Å². The summed E-state index contributed by atoms with van der Waals surface area (Å²) in [4.78, 5) is 0. The summed E-state index contributed by atoms with van der Waals surface area (Å²) in [6, 6.07) is 0. The molecule has 0 spiro atoms. The van der Waals surface area contributed by atoms with Gasteiger partial charge in [0.25, 0.3) is 0 Å². The molecule has 0 aliphatic carbocycles. The molecule has 0 aliphatic heterocycles. The van der Waals surface area contributed by atoms with E-state index < -0.39 is 0 Å². The summed E-state index contributed by atoms with van der Waals surface area (Å²) in [7, 11) is 0. The molecule has 11 heavy (non-hydrogen) atoms. The second kappa shape index (κ2) is 5.90. The summed E-state index contributed by atoms with van der Waals surface area (Å²) < 4.78 is 0. The molecule has 1 nitrogen and oxygen atoms in total. The minimum atomic E-state index is 0.471. The summed E-state index contributed by atoms with van der Waals surface area (Å²) in [5.74, 6) is 1.28. The van der Waals surface area contributed by atoms with Gasteiger partial charge in [0.05, 0.1) is 0 Å². The van der Waals surface area contributed by atoms with E-state index in [1.807, 2.05) is 11.8 Å². The first-order valence-electron chi connectivity index (χ1n) is 4.32. The molecule has 0 radical (unpaired) electrons. The van der Waals surface area contributed by atoms with Crippen LogP contribution in [0.4, 0.5) is 0 Å². The van der Waals surface area contributed by atoms with Gasteiger partial charge in [-0.05, 0) is 30.4 Å². The fraction of sp³-hybridized carbons (Fsp3) is 1.00. The van der Waals surface area contributed by atoms with Crippen molar-refractivity contribution in [3.05, 3.63) is 0 Å². The molecule has 0 fully saturated rings. The predicted octanol–water partition coefficient (Wildman–Crippen LogP) is 2.38. The van der Waals surface area contributed by atoms with E-state index in [0.29, 0.717) is 5.41 Å². The Morgan fingerprint density at radius 1 is 1.36 bits per heavy atom. The van der Waals surface area contributed by atoms with Crippen LogP contribution in [0.5, 0.6) is 0 Å². The zero-order valence-corrected chi connectivity index (χ0v) is 9.05. The van der Waals surface area contributed by atoms with Crippen molar-refractivity contribution in [1.82, 2.24) is 5.32 Å². The molecule has 0 atom stereocenters. The average Bonchev–Trinajstić information content (AvgIpc) is 1.97. The summed E-state index contributed by atoms with van der Waals surface area (Å²) in [5, 5.41) is 3.39. The normalized spacial score (nSPS) is 12.0. The summed E-state index contributed by atoms with van der Waals surface area (Å²) in [6.07, 6.45) is 3.48. The summed E-state index contributed by atoms with van der Waals surface area (Å²) in [6.45, 7) is 9.04. The molecule has 0 aromatic carbocycles. The van der Waals surface area contributed by atoms with Crippen molar-refractivity contribution in [3.8, 4) is 0 Å². The molecule has 1 N–H and O–H groups in total. The van der Waals surface area contributed by atoms with Crippen molar-refractivity contribution >= 4 is 11.8 Å². The van der Waals surface area contributed by atoms with Gasteiger partial charge in [-0.3, -0.25) is 0 Å². The fourth-order valence-corrected chi connectivity index (χ4v) is 1.69. The van der Waals surface area contributed by atoms with Crippen molar-refractivity contribution in [2.75, 3.05) is 25.1 Å². The first kappa shape index (κ1) is 11.3. The molecular weight excluding hydrogens is 154 g/mol. The van der Waals surface area contributed by atoms with Crippen LogP contribution in [-0.4, -0.2) is 25.1 Å². The van der Waals surface area contributed by atoms with Gasteiger partial charge >= 0.3 is 0 Å². The Balaban J connectivity index is 3.43. The molecular formula is C9H21NS. The number of hydrogen-bond acceptors (Lipinski definition) is 2. The van der Waals surface area contributed by atoms with Crippen molar-refractivity contribution in [1.29, 1.82) is 0 Å². The molecule has 0 heterocycles. The largest absolute Gasteiger partial charge is 0.316 e. The predicted molar refractivity (Wildman–Crippen MR) is 55.3 cm³/mol. The highest BCUT2D eigenvalue weighted by atomic mass is 32.2. The Bertz CT molecular complexity index is 81.6. The monoisotopic (exact) mass is 175 g/mol. The molecule has 0 aromatic rings. The quantitative estimate of drug-likeness (QED) is 0.665. The van der Waals surface area contributed by atoms with Crippen LogP contribution in [0, 0.1) is 5.41 Å². The van der Waals surface area contributed by atoms with Crippen molar-refractivity contribution in [2.24, 2.45) is 5.41 Å².